The summed E-state index contributed by atoms with van der Waals surface area (Å²) >= 11 is 1.37. The fourth-order valence-corrected chi connectivity index (χ4v) is 5.22. The van der Waals surface area contributed by atoms with E-state index in [1.807, 2.05) is 30.3 Å². The quantitative estimate of drug-likeness (QED) is 0.115. The molecule has 3 aromatic carbocycles. The van der Waals surface area contributed by atoms with Crippen molar-refractivity contribution in [3.63, 3.8) is 0 Å². The second-order valence-corrected chi connectivity index (χ2v) is 10.9. The van der Waals surface area contributed by atoms with Crippen LogP contribution in [0, 0.1) is 11.3 Å². The Morgan fingerprint density at radius 3 is 2.48 bits per heavy atom. The standard InChI is InChI=1S/C35H29N5O5S/c36-20-29-28(19-30(27-12-4-5-13-31(27)41)39-33(29)40-34(43)25-15-17-46-22-25)24-10-6-11-26(18-24)38-32(42)14-7-16-37-35(44)45-21-23-8-2-1-3-9-23/h1-6,8-13,15,17-19,22,41H,7,14,16,21H2,(H,37,44)(H,38,42)(H,39,40,43). The average molecular weight is 632 g/mol. The molecule has 3 amide bonds. The molecular formula is C35H29N5O5S. The number of hydrogen-bond donors (Lipinski definition) is 4. The van der Waals surface area contributed by atoms with E-state index in [1.54, 1.807) is 65.4 Å². The summed E-state index contributed by atoms with van der Waals surface area (Å²) < 4.78 is 5.18. The summed E-state index contributed by atoms with van der Waals surface area (Å²) in [6, 6.07) is 28.4. The summed E-state index contributed by atoms with van der Waals surface area (Å²) in [5.74, 6) is -0.657. The first-order chi connectivity index (χ1) is 22.4. The van der Waals surface area contributed by atoms with E-state index >= 15 is 0 Å². The van der Waals surface area contributed by atoms with E-state index in [1.165, 1.54) is 17.4 Å². The molecule has 10 nitrogen and oxygen atoms in total. The summed E-state index contributed by atoms with van der Waals surface area (Å²) in [5, 5.41) is 32.4. The third-order valence-electron chi connectivity index (χ3n) is 6.85. The number of hydrogen-bond acceptors (Lipinski definition) is 8. The number of carbonyl (C=O) groups is 3. The van der Waals surface area contributed by atoms with Crippen LogP contribution in [0.1, 0.15) is 34.3 Å². The Kier molecular flexibility index (Phi) is 10.3. The monoisotopic (exact) mass is 631 g/mol. The molecule has 5 aromatic rings. The van der Waals surface area contributed by atoms with E-state index in [2.05, 4.69) is 27.0 Å². The van der Waals surface area contributed by atoms with Gasteiger partial charge in [0, 0.05) is 35.2 Å². The summed E-state index contributed by atoms with van der Waals surface area (Å²) in [7, 11) is 0. The number of nitrogens with one attached hydrogen (secondary N) is 3. The average Bonchev–Trinajstić information content (AvgIpc) is 3.62. The Labute approximate surface area is 269 Å². The Morgan fingerprint density at radius 1 is 0.913 bits per heavy atom. The zero-order chi connectivity index (χ0) is 32.3. The number of anilines is 2. The molecule has 0 saturated heterocycles. The molecule has 46 heavy (non-hydrogen) atoms. The second-order valence-electron chi connectivity index (χ2n) is 10.1. The second kappa shape index (κ2) is 15.1. The predicted octanol–water partition coefficient (Wildman–Crippen LogP) is 6.95. The van der Waals surface area contributed by atoms with E-state index in [-0.39, 0.29) is 42.6 Å². The number of benzene rings is 3. The van der Waals surface area contributed by atoms with Gasteiger partial charge in [0.2, 0.25) is 5.91 Å². The molecule has 4 N–H and O–H groups in total. The molecule has 0 unspecified atom stereocenters. The number of para-hydroxylation sites is 1. The minimum atomic E-state index is -0.559. The lowest BCUT2D eigenvalue weighted by Crippen LogP contribution is -2.26. The van der Waals surface area contributed by atoms with Crippen LogP contribution in [0.2, 0.25) is 0 Å². The predicted molar refractivity (Wildman–Crippen MR) is 176 cm³/mol. The molecule has 0 saturated carbocycles. The molecule has 0 aliphatic heterocycles. The maximum absolute atomic E-state index is 12.9. The number of pyridine rings is 1. The van der Waals surface area contributed by atoms with Gasteiger partial charge < -0.3 is 25.8 Å². The summed E-state index contributed by atoms with van der Waals surface area (Å²) in [5.41, 5.74) is 3.71. The van der Waals surface area contributed by atoms with Crippen LogP contribution in [-0.4, -0.2) is 34.5 Å². The third-order valence-corrected chi connectivity index (χ3v) is 7.53. The van der Waals surface area contributed by atoms with Gasteiger partial charge in [-0.2, -0.15) is 16.6 Å². The number of amides is 3. The molecule has 0 bridgehead atoms. The number of carbonyl (C=O) groups excluding carboxylic acids is 3. The Balaban J connectivity index is 1.29. The van der Waals surface area contributed by atoms with Gasteiger partial charge in [0.25, 0.3) is 5.91 Å². The number of phenols is 1. The van der Waals surface area contributed by atoms with Crippen LogP contribution in [0.15, 0.2) is 102 Å². The molecule has 2 heterocycles. The lowest BCUT2D eigenvalue weighted by Gasteiger charge is -2.15. The zero-order valence-corrected chi connectivity index (χ0v) is 25.3. The largest absolute Gasteiger partial charge is 0.507 e. The highest BCUT2D eigenvalue weighted by atomic mass is 32.1. The molecule has 230 valence electrons. The SMILES string of the molecule is N#Cc1c(-c2cccc(NC(=O)CCCNC(=O)OCc3ccccc3)c2)cc(-c2ccccc2O)nc1NC(=O)c1ccsc1. The maximum atomic E-state index is 12.9. The summed E-state index contributed by atoms with van der Waals surface area (Å²) in [4.78, 5) is 42.1. The van der Waals surface area contributed by atoms with E-state index in [4.69, 9.17) is 4.74 Å². The van der Waals surface area contributed by atoms with Crippen molar-refractivity contribution in [2.45, 2.75) is 19.4 Å². The fraction of sp³-hybridized carbons (Fsp3) is 0.114. The maximum Gasteiger partial charge on any atom is 0.407 e. The lowest BCUT2D eigenvalue weighted by atomic mass is 9.97. The highest BCUT2D eigenvalue weighted by Gasteiger charge is 2.20. The van der Waals surface area contributed by atoms with Gasteiger partial charge in [-0.15, -0.1) is 0 Å². The smallest absolute Gasteiger partial charge is 0.407 e. The van der Waals surface area contributed by atoms with Crippen molar-refractivity contribution in [1.29, 1.82) is 5.26 Å². The summed E-state index contributed by atoms with van der Waals surface area (Å²) in [6.45, 7) is 0.420. The molecule has 0 atom stereocenters. The Bertz CT molecular complexity index is 1890. The van der Waals surface area contributed by atoms with Gasteiger partial charge in [-0.1, -0.05) is 54.6 Å². The molecule has 0 fully saturated rings. The molecule has 11 heteroatoms. The molecule has 0 aliphatic carbocycles. The summed E-state index contributed by atoms with van der Waals surface area (Å²) in [6.07, 6.45) is -0.0129. The van der Waals surface area contributed by atoms with Crippen LogP contribution in [-0.2, 0) is 16.1 Å². The van der Waals surface area contributed by atoms with Crippen molar-refractivity contribution < 1.29 is 24.2 Å². The van der Waals surface area contributed by atoms with Crippen molar-refractivity contribution in [2.24, 2.45) is 0 Å². The first-order valence-electron chi connectivity index (χ1n) is 14.3. The van der Waals surface area contributed by atoms with Crippen molar-refractivity contribution >= 4 is 40.7 Å². The van der Waals surface area contributed by atoms with Crippen molar-refractivity contribution in [3.05, 3.63) is 118 Å². The number of thiophene rings is 1. The molecular weight excluding hydrogens is 602 g/mol. The van der Waals surface area contributed by atoms with Gasteiger partial charge in [0.1, 0.15) is 24.0 Å². The number of rotatable bonds is 11. The van der Waals surface area contributed by atoms with Crippen LogP contribution in [0.5, 0.6) is 5.75 Å². The number of nitrogens with zero attached hydrogens (tertiary/aromatic N) is 2. The highest BCUT2D eigenvalue weighted by molar-refractivity contribution is 7.08. The Morgan fingerprint density at radius 2 is 1.72 bits per heavy atom. The van der Waals surface area contributed by atoms with Crippen molar-refractivity contribution in [1.82, 2.24) is 10.3 Å². The lowest BCUT2D eigenvalue weighted by molar-refractivity contribution is -0.116. The van der Waals surface area contributed by atoms with Gasteiger partial charge in [0.15, 0.2) is 5.82 Å². The third kappa shape index (κ3) is 8.13. The number of aromatic nitrogens is 1. The first-order valence-corrected chi connectivity index (χ1v) is 15.3. The van der Waals surface area contributed by atoms with Gasteiger partial charge >= 0.3 is 6.09 Å². The van der Waals surface area contributed by atoms with Crippen LogP contribution in [0.25, 0.3) is 22.4 Å². The first kappa shape index (κ1) is 31.4. The van der Waals surface area contributed by atoms with Crippen molar-refractivity contribution in [2.75, 3.05) is 17.2 Å². The molecule has 2 aromatic heterocycles. The van der Waals surface area contributed by atoms with E-state index in [0.717, 1.165) is 5.56 Å². The fourth-order valence-electron chi connectivity index (χ4n) is 4.58. The number of phenolic OH excluding ortho intramolecular Hbond substituents is 1. The van der Waals surface area contributed by atoms with Gasteiger partial charge in [-0.25, -0.2) is 9.78 Å². The number of alkyl carbamates (subject to hydrolysis) is 1. The van der Waals surface area contributed by atoms with Crippen LogP contribution < -0.4 is 16.0 Å². The highest BCUT2D eigenvalue weighted by Crippen LogP contribution is 2.36. The number of nitriles is 1. The van der Waals surface area contributed by atoms with Crippen molar-refractivity contribution in [3.8, 4) is 34.2 Å². The van der Waals surface area contributed by atoms with E-state index < -0.39 is 12.0 Å². The van der Waals surface area contributed by atoms with E-state index in [9.17, 15) is 24.8 Å². The topological polar surface area (TPSA) is 153 Å². The minimum Gasteiger partial charge on any atom is -0.507 e. The molecule has 0 aliphatic rings. The minimum absolute atomic E-state index is 0.0132. The molecule has 0 spiro atoms. The van der Waals surface area contributed by atoms with Crippen LogP contribution in [0.3, 0.4) is 0 Å². The van der Waals surface area contributed by atoms with Crippen LogP contribution >= 0.6 is 11.3 Å². The zero-order valence-electron chi connectivity index (χ0n) is 24.5. The Hall–Kier alpha value is -5.99. The van der Waals surface area contributed by atoms with Gasteiger partial charge in [0.05, 0.1) is 11.3 Å². The normalized spacial score (nSPS) is 10.4. The van der Waals surface area contributed by atoms with Gasteiger partial charge in [-0.05, 0) is 59.3 Å². The van der Waals surface area contributed by atoms with Crippen LogP contribution in [0.4, 0.5) is 16.3 Å². The molecule has 5 rings (SSSR count). The number of aromatic hydroxyl groups is 1. The van der Waals surface area contributed by atoms with E-state index in [0.29, 0.717) is 40.1 Å². The van der Waals surface area contributed by atoms with Gasteiger partial charge in [-0.3, -0.25) is 9.59 Å². The molecule has 0 radical (unpaired) electrons. The number of ether oxygens (including phenoxy) is 1.